The first-order valence-corrected chi connectivity index (χ1v) is 9.13. The van der Waals surface area contributed by atoms with Crippen molar-refractivity contribution in [3.05, 3.63) is 101 Å². The average molecular weight is 362 g/mol. The van der Waals surface area contributed by atoms with Gasteiger partial charge < -0.3 is 10.1 Å². The van der Waals surface area contributed by atoms with Crippen molar-refractivity contribution in [3.63, 3.8) is 0 Å². The first-order chi connectivity index (χ1) is 12.6. The Balaban J connectivity index is 1.58. The number of hydrogen-bond donors (Lipinski definition) is 1. The van der Waals surface area contributed by atoms with Crippen molar-refractivity contribution in [2.45, 2.75) is 27.0 Å². The molecule has 0 aliphatic rings. The Morgan fingerprint density at radius 3 is 2.12 bits per heavy atom. The summed E-state index contributed by atoms with van der Waals surface area (Å²) in [6.07, 6.45) is 0. The van der Waals surface area contributed by atoms with Crippen molar-refractivity contribution < 1.29 is 4.74 Å². The molecule has 0 amide bonds. The maximum absolute atomic E-state index is 5.91. The van der Waals surface area contributed by atoms with E-state index in [1.807, 2.05) is 24.3 Å². The van der Waals surface area contributed by atoms with Gasteiger partial charge in [-0.25, -0.2) is 0 Å². The zero-order valence-corrected chi connectivity index (χ0v) is 16.0. The van der Waals surface area contributed by atoms with Crippen LogP contribution in [0.3, 0.4) is 0 Å². The highest BCUT2D eigenvalue weighted by molar-refractivity contribution is 7.80. The first-order valence-electron chi connectivity index (χ1n) is 8.72. The molecule has 0 unspecified atom stereocenters. The Hall–Kier alpha value is -2.65. The topological polar surface area (TPSA) is 21.3 Å². The van der Waals surface area contributed by atoms with E-state index in [2.05, 4.69) is 67.7 Å². The maximum Gasteiger partial charge on any atom is 0.120 e. The van der Waals surface area contributed by atoms with E-state index in [1.165, 1.54) is 16.7 Å². The van der Waals surface area contributed by atoms with Crippen LogP contribution < -0.4 is 10.1 Å². The van der Waals surface area contributed by atoms with E-state index in [0.29, 0.717) is 13.2 Å². The molecule has 0 radical (unpaired) electrons. The summed E-state index contributed by atoms with van der Waals surface area (Å²) in [5.74, 6) is 0.822. The van der Waals surface area contributed by atoms with Crippen molar-refractivity contribution in [2.75, 3.05) is 0 Å². The Bertz CT molecular complexity index is 869. The molecule has 0 atom stereocenters. The van der Waals surface area contributed by atoms with Gasteiger partial charge in [0.05, 0.1) is 0 Å². The van der Waals surface area contributed by atoms with Gasteiger partial charge in [0.2, 0.25) is 0 Å². The van der Waals surface area contributed by atoms with Crippen LogP contribution in [0.25, 0.3) is 0 Å². The largest absolute Gasteiger partial charge is 0.489 e. The highest BCUT2D eigenvalue weighted by atomic mass is 32.1. The second-order valence-corrected chi connectivity index (χ2v) is 6.88. The highest BCUT2D eigenvalue weighted by Crippen LogP contribution is 2.16. The third-order valence-corrected chi connectivity index (χ3v) is 4.58. The lowest BCUT2D eigenvalue weighted by atomic mass is 10.1. The molecule has 132 valence electrons. The Morgan fingerprint density at radius 1 is 0.846 bits per heavy atom. The van der Waals surface area contributed by atoms with E-state index in [1.54, 1.807) is 0 Å². The van der Waals surface area contributed by atoms with Crippen LogP contribution in [0.2, 0.25) is 0 Å². The van der Waals surface area contributed by atoms with E-state index in [9.17, 15) is 0 Å². The summed E-state index contributed by atoms with van der Waals surface area (Å²) in [5.41, 5.74) is 5.84. The molecule has 0 spiro atoms. The normalized spacial score (nSPS) is 10.4. The molecule has 3 rings (SSSR count). The molecule has 0 fully saturated rings. The molecule has 26 heavy (non-hydrogen) atoms. The van der Waals surface area contributed by atoms with Crippen LogP contribution in [-0.4, -0.2) is 4.99 Å². The minimum absolute atomic E-state index is 0.549. The Kier molecular flexibility index (Phi) is 6.03. The zero-order valence-electron chi connectivity index (χ0n) is 15.2. The van der Waals surface area contributed by atoms with Gasteiger partial charge >= 0.3 is 0 Å². The van der Waals surface area contributed by atoms with Crippen LogP contribution >= 0.6 is 12.2 Å². The second kappa shape index (κ2) is 8.63. The van der Waals surface area contributed by atoms with Crippen LogP contribution in [-0.2, 0) is 13.2 Å². The molecule has 0 heterocycles. The Labute approximate surface area is 160 Å². The van der Waals surface area contributed by atoms with Crippen LogP contribution in [0.4, 0.5) is 0 Å². The van der Waals surface area contributed by atoms with Crippen molar-refractivity contribution in [1.29, 1.82) is 0 Å². The van der Waals surface area contributed by atoms with Crippen molar-refractivity contribution in [2.24, 2.45) is 0 Å². The summed E-state index contributed by atoms with van der Waals surface area (Å²) in [6, 6.07) is 24.7. The molecule has 1 N–H and O–H groups in total. The van der Waals surface area contributed by atoms with Crippen molar-refractivity contribution in [3.8, 4) is 5.75 Å². The molecule has 0 aromatic heterocycles. The standard InChI is InChI=1S/C23H23NOS/c1-17-6-10-19(11-7-17)15-24-23(26)21-4-3-5-22(14-21)25-16-20-12-8-18(2)9-13-20/h3-14H,15-16H2,1-2H3,(H,24,26). The summed E-state index contributed by atoms with van der Waals surface area (Å²) in [5, 5.41) is 3.32. The second-order valence-electron chi connectivity index (χ2n) is 6.47. The number of benzene rings is 3. The summed E-state index contributed by atoms with van der Waals surface area (Å²) >= 11 is 5.53. The van der Waals surface area contributed by atoms with Crippen LogP contribution in [0.15, 0.2) is 72.8 Å². The lowest BCUT2D eigenvalue weighted by molar-refractivity contribution is 0.306. The van der Waals surface area contributed by atoms with Gasteiger partial charge in [-0.1, -0.05) is 84.0 Å². The number of aryl methyl sites for hydroxylation is 2. The van der Waals surface area contributed by atoms with E-state index < -0.39 is 0 Å². The maximum atomic E-state index is 5.91. The fourth-order valence-electron chi connectivity index (χ4n) is 2.57. The van der Waals surface area contributed by atoms with Gasteiger partial charge in [0.25, 0.3) is 0 Å². The van der Waals surface area contributed by atoms with Gasteiger partial charge in [0.1, 0.15) is 17.3 Å². The smallest absolute Gasteiger partial charge is 0.120 e. The minimum Gasteiger partial charge on any atom is -0.489 e. The lowest BCUT2D eigenvalue weighted by Gasteiger charge is -2.11. The van der Waals surface area contributed by atoms with E-state index in [4.69, 9.17) is 17.0 Å². The number of ether oxygens (including phenoxy) is 1. The third kappa shape index (κ3) is 5.17. The molecule has 0 saturated heterocycles. The van der Waals surface area contributed by atoms with E-state index >= 15 is 0 Å². The highest BCUT2D eigenvalue weighted by Gasteiger charge is 2.04. The van der Waals surface area contributed by atoms with Gasteiger partial charge in [-0.2, -0.15) is 0 Å². The monoisotopic (exact) mass is 361 g/mol. The van der Waals surface area contributed by atoms with Crippen LogP contribution in [0.5, 0.6) is 5.75 Å². The minimum atomic E-state index is 0.549. The molecular formula is C23H23NOS. The van der Waals surface area contributed by atoms with Crippen LogP contribution in [0, 0.1) is 13.8 Å². The van der Waals surface area contributed by atoms with Crippen molar-refractivity contribution >= 4 is 17.2 Å². The Morgan fingerprint density at radius 2 is 1.46 bits per heavy atom. The molecular weight excluding hydrogens is 338 g/mol. The van der Waals surface area contributed by atoms with Gasteiger partial charge in [0.15, 0.2) is 0 Å². The number of nitrogens with one attached hydrogen (secondary N) is 1. The molecule has 0 saturated carbocycles. The van der Waals surface area contributed by atoms with Gasteiger partial charge in [-0.05, 0) is 37.1 Å². The molecule has 0 aliphatic carbocycles. The SMILES string of the molecule is Cc1ccc(CNC(=S)c2cccc(OCc3ccc(C)cc3)c2)cc1. The molecule has 3 aromatic carbocycles. The van der Waals surface area contributed by atoms with Gasteiger partial charge in [-0.3, -0.25) is 0 Å². The average Bonchev–Trinajstić information content (AvgIpc) is 2.67. The van der Waals surface area contributed by atoms with Crippen LogP contribution in [0.1, 0.15) is 27.8 Å². The zero-order chi connectivity index (χ0) is 18.4. The quantitative estimate of drug-likeness (QED) is 0.598. The van der Waals surface area contributed by atoms with Gasteiger partial charge in [-0.15, -0.1) is 0 Å². The van der Waals surface area contributed by atoms with Crippen molar-refractivity contribution in [1.82, 2.24) is 5.32 Å². The lowest BCUT2D eigenvalue weighted by Crippen LogP contribution is -2.21. The fourth-order valence-corrected chi connectivity index (χ4v) is 2.77. The fraction of sp³-hybridized carbons (Fsp3) is 0.174. The third-order valence-electron chi connectivity index (χ3n) is 4.20. The van der Waals surface area contributed by atoms with E-state index in [0.717, 1.165) is 21.9 Å². The molecule has 3 heteroatoms. The summed E-state index contributed by atoms with van der Waals surface area (Å²) in [6.45, 7) is 5.43. The predicted octanol–water partition coefficient (Wildman–Crippen LogP) is 5.35. The molecule has 0 bridgehead atoms. The van der Waals surface area contributed by atoms with Gasteiger partial charge in [0, 0.05) is 12.1 Å². The molecule has 2 nitrogen and oxygen atoms in total. The van der Waals surface area contributed by atoms with E-state index in [-0.39, 0.29) is 0 Å². The summed E-state index contributed by atoms with van der Waals surface area (Å²) in [7, 11) is 0. The number of hydrogen-bond acceptors (Lipinski definition) is 2. The molecule has 0 aliphatic heterocycles. The summed E-state index contributed by atoms with van der Waals surface area (Å²) < 4.78 is 5.91. The summed E-state index contributed by atoms with van der Waals surface area (Å²) in [4.78, 5) is 0.728. The first kappa shape index (κ1) is 18.2. The molecule has 3 aromatic rings. The number of rotatable bonds is 6. The predicted molar refractivity (Wildman–Crippen MR) is 112 cm³/mol. The number of thiocarbonyl (C=S) groups is 1.